The van der Waals surface area contributed by atoms with Crippen LogP contribution in [0.15, 0.2) is 48.5 Å². The van der Waals surface area contributed by atoms with E-state index in [1.807, 2.05) is 0 Å². The van der Waals surface area contributed by atoms with Crippen LogP contribution in [0.5, 0.6) is 5.75 Å². The smallest absolute Gasteiger partial charge is 0.338 e. The van der Waals surface area contributed by atoms with Crippen LogP contribution in [0.4, 0.5) is 10.1 Å². The molecule has 0 aliphatic carbocycles. The fourth-order valence-corrected chi connectivity index (χ4v) is 4.54. The molecular formula is C18H18FNO5S. The average molecular weight is 379 g/mol. The van der Waals surface area contributed by atoms with Gasteiger partial charge >= 0.3 is 5.97 Å². The quantitative estimate of drug-likeness (QED) is 0.803. The minimum absolute atomic E-state index is 0.138. The van der Waals surface area contributed by atoms with Crippen molar-refractivity contribution < 1.29 is 27.1 Å². The Kier molecular flexibility index (Phi) is 5.13. The molecule has 8 heteroatoms. The normalized spacial score (nSPS) is 21.2. The van der Waals surface area contributed by atoms with Gasteiger partial charge in [0.05, 0.1) is 30.2 Å². The second kappa shape index (κ2) is 7.33. The molecule has 0 aromatic heterocycles. The van der Waals surface area contributed by atoms with Gasteiger partial charge in [0.15, 0.2) is 9.84 Å². The van der Waals surface area contributed by atoms with Crippen molar-refractivity contribution in [2.45, 2.75) is 12.1 Å². The zero-order valence-electron chi connectivity index (χ0n) is 14.0. The summed E-state index contributed by atoms with van der Waals surface area (Å²) in [5, 5.41) is 3.09. The number of hydrogen-bond acceptors (Lipinski definition) is 6. The van der Waals surface area contributed by atoms with Crippen molar-refractivity contribution in [3.05, 3.63) is 59.9 Å². The molecule has 2 aromatic carbocycles. The maximum absolute atomic E-state index is 13.0. The van der Waals surface area contributed by atoms with Crippen molar-refractivity contribution in [3.8, 4) is 5.75 Å². The standard InChI is InChI=1S/C18H18FNO5S/c1-24-15-8-6-14(7-9-15)20-16-10-26(22,23)11-17(16)25-18(21)12-2-4-13(19)5-3-12/h2-9,16-17,20H,10-11H2,1H3/t16-,17+/m1/s1. The highest BCUT2D eigenvalue weighted by Crippen LogP contribution is 2.23. The fourth-order valence-electron chi connectivity index (χ4n) is 2.76. The Bertz CT molecular complexity index is 881. The first-order valence-corrected chi connectivity index (χ1v) is 9.76. The van der Waals surface area contributed by atoms with Gasteiger partial charge in [0.25, 0.3) is 0 Å². The fraction of sp³-hybridized carbons (Fsp3) is 0.278. The summed E-state index contributed by atoms with van der Waals surface area (Å²) >= 11 is 0. The second-order valence-electron chi connectivity index (χ2n) is 6.01. The lowest BCUT2D eigenvalue weighted by Crippen LogP contribution is -2.35. The van der Waals surface area contributed by atoms with Crippen LogP contribution in [0.3, 0.4) is 0 Å². The molecule has 1 heterocycles. The van der Waals surface area contributed by atoms with E-state index in [4.69, 9.17) is 9.47 Å². The Morgan fingerprint density at radius 1 is 1.08 bits per heavy atom. The SMILES string of the molecule is COc1ccc(N[C@@H]2CS(=O)(=O)C[C@@H]2OC(=O)c2ccc(F)cc2)cc1. The van der Waals surface area contributed by atoms with Crippen molar-refractivity contribution in [3.63, 3.8) is 0 Å². The number of carbonyl (C=O) groups is 1. The number of nitrogens with one attached hydrogen (secondary N) is 1. The van der Waals surface area contributed by atoms with Gasteiger partial charge in [-0.05, 0) is 48.5 Å². The molecule has 138 valence electrons. The summed E-state index contributed by atoms with van der Waals surface area (Å²) in [6, 6.07) is 11.3. The van der Waals surface area contributed by atoms with Gasteiger partial charge in [-0.1, -0.05) is 0 Å². The van der Waals surface area contributed by atoms with E-state index in [1.165, 1.54) is 12.1 Å². The topological polar surface area (TPSA) is 81.7 Å². The number of halogens is 1. The van der Waals surface area contributed by atoms with Gasteiger partial charge in [0, 0.05) is 5.69 Å². The number of hydrogen-bond donors (Lipinski definition) is 1. The number of carbonyl (C=O) groups excluding carboxylic acids is 1. The predicted octanol–water partition coefficient (Wildman–Crippen LogP) is 2.27. The molecule has 0 amide bonds. The summed E-state index contributed by atoms with van der Waals surface area (Å²) in [7, 11) is -1.78. The number of ether oxygens (including phenoxy) is 2. The van der Waals surface area contributed by atoms with Crippen LogP contribution in [-0.4, -0.2) is 45.1 Å². The molecule has 1 N–H and O–H groups in total. The van der Waals surface area contributed by atoms with E-state index in [2.05, 4.69) is 5.32 Å². The van der Waals surface area contributed by atoms with Crippen LogP contribution < -0.4 is 10.1 Å². The maximum atomic E-state index is 13.0. The van der Waals surface area contributed by atoms with E-state index < -0.39 is 33.8 Å². The Hall–Kier alpha value is -2.61. The number of anilines is 1. The van der Waals surface area contributed by atoms with Gasteiger partial charge in [-0.2, -0.15) is 0 Å². The number of rotatable bonds is 5. The van der Waals surface area contributed by atoms with Crippen LogP contribution in [0.1, 0.15) is 10.4 Å². The van der Waals surface area contributed by atoms with Crippen molar-refractivity contribution in [2.24, 2.45) is 0 Å². The van der Waals surface area contributed by atoms with E-state index in [-0.39, 0.29) is 17.1 Å². The van der Waals surface area contributed by atoms with E-state index in [9.17, 15) is 17.6 Å². The third kappa shape index (κ3) is 4.32. The molecule has 0 unspecified atom stereocenters. The lowest BCUT2D eigenvalue weighted by Gasteiger charge is -2.21. The van der Waals surface area contributed by atoms with Crippen LogP contribution in [0, 0.1) is 5.82 Å². The Morgan fingerprint density at radius 2 is 1.73 bits per heavy atom. The Balaban J connectivity index is 1.73. The summed E-state index contributed by atoms with van der Waals surface area (Å²) in [5.41, 5.74) is 0.856. The molecular weight excluding hydrogens is 361 g/mol. The monoisotopic (exact) mass is 379 g/mol. The molecule has 0 saturated carbocycles. The first kappa shape index (κ1) is 18.2. The molecule has 0 bridgehead atoms. The molecule has 1 saturated heterocycles. The van der Waals surface area contributed by atoms with Crippen LogP contribution in [0.2, 0.25) is 0 Å². The molecule has 1 aliphatic heterocycles. The lowest BCUT2D eigenvalue weighted by molar-refractivity contribution is 0.0336. The molecule has 1 aliphatic rings. The summed E-state index contributed by atoms with van der Waals surface area (Å²) in [5.74, 6) is -0.875. The lowest BCUT2D eigenvalue weighted by atomic mass is 10.2. The average Bonchev–Trinajstić information content (AvgIpc) is 2.89. The molecule has 3 rings (SSSR count). The van der Waals surface area contributed by atoms with Gasteiger partial charge in [-0.25, -0.2) is 17.6 Å². The van der Waals surface area contributed by atoms with Crippen LogP contribution >= 0.6 is 0 Å². The van der Waals surface area contributed by atoms with Gasteiger partial charge in [0.2, 0.25) is 0 Å². The summed E-state index contributed by atoms with van der Waals surface area (Å²) in [6.45, 7) is 0. The largest absolute Gasteiger partial charge is 0.497 e. The molecule has 2 aromatic rings. The zero-order valence-corrected chi connectivity index (χ0v) is 14.8. The molecule has 26 heavy (non-hydrogen) atoms. The van der Waals surface area contributed by atoms with Gasteiger partial charge in [0.1, 0.15) is 17.7 Å². The van der Waals surface area contributed by atoms with E-state index in [0.29, 0.717) is 11.4 Å². The maximum Gasteiger partial charge on any atom is 0.338 e. The summed E-state index contributed by atoms with van der Waals surface area (Å²) < 4.78 is 47.4. The third-order valence-electron chi connectivity index (χ3n) is 4.08. The second-order valence-corrected chi connectivity index (χ2v) is 8.16. The van der Waals surface area contributed by atoms with E-state index in [0.717, 1.165) is 12.1 Å². The number of sulfone groups is 1. The first-order valence-electron chi connectivity index (χ1n) is 7.94. The van der Waals surface area contributed by atoms with Crippen molar-refractivity contribution in [2.75, 3.05) is 23.9 Å². The minimum Gasteiger partial charge on any atom is -0.497 e. The summed E-state index contributed by atoms with van der Waals surface area (Å²) in [4.78, 5) is 12.2. The third-order valence-corrected chi connectivity index (χ3v) is 5.78. The number of esters is 1. The van der Waals surface area contributed by atoms with Gasteiger partial charge in [-0.3, -0.25) is 0 Å². The van der Waals surface area contributed by atoms with Crippen LogP contribution in [-0.2, 0) is 14.6 Å². The highest BCUT2D eigenvalue weighted by molar-refractivity contribution is 7.91. The summed E-state index contributed by atoms with van der Waals surface area (Å²) in [6.07, 6.45) is -0.834. The molecule has 2 atom stereocenters. The predicted molar refractivity (Wildman–Crippen MR) is 94.7 cm³/mol. The van der Waals surface area contributed by atoms with Crippen molar-refractivity contribution in [1.29, 1.82) is 0 Å². The van der Waals surface area contributed by atoms with Crippen molar-refractivity contribution in [1.82, 2.24) is 0 Å². The number of benzene rings is 2. The Morgan fingerprint density at radius 3 is 2.35 bits per heavy atom. The first-order chi connectivity index (χ1) is 12.4. The zero-order chi connectivity index (χ0) is 18.7. The minimum atomic E-state index is -3.34. The molecule has 1 fully saturated rings. The molecule has 0 spiro atoms. The molecule has 0 radical (unpaired) electrons. The van der Waals surface area contributed by atoms with E-state index >= 15 is 0 Å². The van der Waals surface area contributed by atoms with Crippen molar-refractivity contribution >= 4 is 21.5 Å². The highest BCUT2D eigenvalue weighted by atomic mass is 32.2. The Labute approximate surface area is 150 Å². The van der Waals surface area contributed by atoms with Gasteiger partial charge in [-0.15, -0.1) is 0 Å². The van der Waals surface area contributed by atoms with Crippen LogP contribution in [0.25, 0.3) is 0 Å². The highest BCUT2D eigenvalue weighted by Gasteiger charge is 2.40. The number of methoxy groups -OCH3 is 1. The molecule has 6 nitrogen and oxygen atoms in total. The van der Waals surface area contributed by atoms with E-state index in [1.54, 1.807) is 31.4 Å². The van der Waals surface area contributed by atoms with Gasteiger partial charge < -0.3 is 14.8 Å².